The highest BCUT2D eigenvalue weighted by Gasteiger charge is 2.35. The van der Waals surface area contributed by atoms with Crippen molar-refractivity contribution in [3.05, 3.63) is 48.6 Å². The highest BCUT2D eigenvalue weighted by molar-refractivity contribution is 5.78. The molecule has 5 rings (SSSR count). The lowest BCUT2D eigenvalue weighted by Gasteiger charge is -2.27. The third kappa shape index (κ3) is 1.28. The Kier molecular flexibility index (Phi) is 2.07. The van der Waals surface area contributed by atoms with Gasteiger partial charge in [-0.15, -0.1) is 0 Å². The summed E-state index contributed by atoms with van der Waals surface area (Å²) in [5.74, 6) is 0.721. The van der Waals surface area contributed by atoms with Gasteiger partial charge in [-0.1, -0.05) is 0 Å². The molecule has 5 heterocycles. The van der Waals surface area contributed by atoms with Gasteiger partial charge in [-0.05, 0) is 12.1 Å². The normalized spacial score (nSPS) is 20.3. The number of fused-ring (bicyclic) bond motifs is 6. The van der Waals surface area contributed by atoms with Gasteiger partial charge in [0.15, 0.2) is 24.1 Å². The van der Waals surface area contributed by atoms with Crippen molar-refractivity contribution in [1.29, 1.82) is 0 Å². The van der Waals surface area contributed by atoms with Crippen molar-refractivity contribution in [1.82, 2.24) is 29.1 Å². The van der Waals surface area contributed by atoms with Gasteiger partial charge >= 0.3 is 0 Å². The van der Waals surface area contributed by atoms with Crippen LogP contribution >= 0.6 is 0 Å². The predicted octanol–water partition coefficient (Wildman–Crippen LogP) is 0.568. The average Bonchev–Trinajstić information content (AvgIpc) is 3.12. The molecule has 0 bridgehead atoms. The van der Waals surface area contributed by atoms with Gasteiger partial charge in [-0.25, -0.2) is 9.97 Å². The zero-order chi connectivity index (χ0) is 14.8. The van der Waals surface area contributed by atoms with E-state index in [1.807, 2.05) is 0 Å². The summed E-state index contributed by atoms with van der Waals surface area (Å²) in [4.78, 5) is 16.8. The summed E-state index contributed by atoms with van der Waals surface area (Å²) in [6, 6.07) is 3.50. The monoisotopic (exact) mass is 294 g/mol. The van der Waals surface area contributed by atoms with E-state index in [-0.39, 0.29) is 0 Å². The van der Waals surface area contributed by atoms with Gasteiger partial charge in [-0.3, -0.25) is 19.1 Å². The van der Waals surface area contributed by atoms with Crippen LogP contribution in [0.4, 0.5) is 0 Å². The first-order valence-corrected chi connectivity index (χ1v) is 6.75. The fourth-order valence-electron chi connectivity index (χ4n) is 3.05. The summed E-state index contributed by atoms with van der Waals surface area (Å²) in [7, 11) is 0. The summed E-state index contributed by atoms with van der Waals surface area (Å²) < 4.78 is 3.16. The SMILES string of the molecule is OC1c2nc3cnccc3n2C(O)c2nc3cnccc3n21. The van der Waals surface area contributed by atoms with Gasteiger partial charge in [0.25, 0.3) is 0 Å². The number of rotatable bonds is 0. The Morgan fingerprint density at radius 1 is 0.773 bits per heavy atom. The van der Waals surface area contributed by atoms with Gasteiger partial charge in [0.2, 0.25) is 0 Å². The minimum absolute atomic E-state index is 0.360. The quantitative estimate of drug-likeness (QED) is 0.491. The maximum Gasteiger partial charge on any atom is 0.192 e. The Morgan fingerprint density at radius 2 is 1.23 bits per heavy atom. The van der Waals surface area contributed by atoms with Crippen LogP contribution in [0, 0.1) is 0 Å². The highest BCUT2D eigenvalue weighted by Crippen LogP contribution is 2.36. The number of hydrogen-bond acceptors (Lipinski definition) is 6. The third-order valence-electron chi connectivity index (χ3n) is 3.99. The van der Waals surface area contributed by atoms with Crippen LogP contribution in [0.2, 0.25) is 0 Å². The second-order valence-corrected chi connectivity index (χ2v) is 5.16. The first-order valence-electron chi connectivity index (χ1n) is 6.75. The Bertz CT molecular complexity index is 952. The topological polar surface area (TPSA) is 102 Å². The molecule has 0 aromatic carbocycles. The van der Waals surface area contributed by atoms with E-state index >= 15 is 0 Å². The maximum absolute atomic E-state index is 10.7. The van der Waals surface area contributed by atoms with Crippen molar-refractivity contribution in [2.75, 3.05) is 0 Å². The number of nitrogens with zero attached hydrogens (tertiary/aromatic N) is 6. The lowest BCUT2D eigenvalue weighted by molar-refractivity contribution is 0.0591. The van der Waals surface area contributed by atoms with Gasteiger partial charge in [-0.2, -0.15) is 0 Å². The molecule has 0 radical (unpaired) electrons. The van der Waals surface area contributed by atoms with Crippen LogP contribution < -0.4 is 0 Å². The molecular formula is C14H10N6O2. The van der Waals surface area contributed by atoms with Crippen LogP contribution in [-0.4, -0.2) is 39.3 Å². The molecule has 8 heteroatoms. The molecule has 108 valence electrons. The number of aromatic nitrogens is 6. The molecule has 2 atom stereocenters. The Hall–Kier alpha value is -2.84. The van der Waals surface area contributed by atoms with E-state index in [0.717, 1.165) is 0 Å². The molecule has 1 aliphatic rings. The van der Waals surface area contributed by atoms with E-state index in [1.54, 1.807) is 46.1 Å². The second-order valence-electron chi connectivity index (χ2n) is 5.16. The first kappa shape index (κ1) is 11.8. The van der Waals surface area contributed by atoms with Crippen molar-refractivity contribution in [3.8, 4) is 0 Å². The van der Waals surface area contributed by atoms with E-state index in [2.05, 4.69) is 19.9 Å². The lowest BCUT2D eigenvalue weighted by atomic mass is 10.3. The first-order chi connectivity index (χ1) is 10.8. The zero-order valence-corrected chi connectivity index (χ0v) is 11.2. The van der Waals surface area contributed by atoms with Crippen LogP contribution in [0.15, 0.2) is 36.9 Å². The fourth-order valence-corrected chi connectivity index (χ4v) is 3.05. The van der Waals surface area contributed by atoms with Crippen molar-refractivity contribution in [3.63, 3.8) is 0 Å². The molecule has 0 amide bonds. The molecule has 0 saturated heterocycles. The molecule has 8 nitrogen and oxygen atoms in total. The standard InChI is InChI=1S/C14H10N6O2/c21-13-12-18-8-6-16-4-2-10(8)20(12)14(22)11-17-7-5-15-3-1-9(7)19(11)13/h1-6,13-14,21-22H. The molecule has 22 heavy (non-hydrogen) atoms. The molecular weight excluding hydrogens is 284 g/mol. The minimum atomic E-state index is -1.03. The van der Waals surface area contributed by atoms with E-state index in [4.69, 9.17) is 0 Å². The smallest absolute Gasteiger partial charge is 0.192 e. The summed E-state index contributed by atoms with van der Waals surface area (Å²) in [5.41, 5.74) is 2.64. The molecule has 2 N–H and O–H groups in total. The molecule has 4 aromatic rings. The molecule has 0 fully saturated rings. The number of hydrogen-bond donors (Lipinski definition) is 2. The molecule has 2 unspecified atom stereocenters. The van der Waals surface area contributed by atoms with Crippen LogP contribution in [-0.2, 0) is 0 Å². The Balaban J connectivity index is 1.88. The second kappa shape index (κ2) is 3.87. The van der Waals surface area contributed by atoms with E-state index in [0.29, 0.717) is 33.7 Å². The van der Waals surface area contributed by atoms with Crippen molar-refractivity contribution >= 4 is 22.1 Å². The molecule has 0 aliphatic carbocycles. The van der Waals surface area contributed by atoms with Crippen molar-refractivity contribution in [2.45, 2.75) is 12.5 Å². The van der Waals surface area contributed by atoms with Gasteiger partial charge in [0, 0.05) is 12.4 Å². The lowest BCUT2D eigenvalue weighted by Crippen LogP contribution is -2.29. The minimum Gasteiger partial charge on any atom is -0.366 e. The van der Waals surface area contributed by atoms with Crippen LogP contribution in [0.25, 0.3) is 22.1 Å². The number of pyridine rings is 2. The Labute approximate surface area is 123 Å². The van der Waals surface area contributed by atoms with Crippen molar-refractivity contribution in [2.24, 2.45) is 0 Å². The summed E-state index contributed by atoms with van der Waals surface area (Å²) in [5, 5.41) is 21.4. The zero-order valence-electron chi connectivity index (χ0n) is 11.2. The van der Waals surface area contributed by atoms with Crippen LogP contribution in [0.1, 0.15) is 24.1 Å². The maximum atomic E-state index is 10.7. The number of aliphatic hydroxyl groups excluding tert-OH is 2. The van der Waals surface area contributed by atoms with Gasteiger partial charge in [0.05, 0.1) is 23.4 Å². The largest absolute Gasteiger partial charge is 0.366 e. The van der Waals surface area contributed by atoms with Crippen molar-refractivity contribution < 1.29 is 10.2 Å². The summed E-state index contributed by atoms with van der Waals surface area (Å²) >= 11 is 0. The van der Waals surface area contributed by atoms with E-state index in [9.17, 15) is 10.2 Å². The highest BCUT2D eigenvalue weighted by atomic mass is 16.3. The number of imidazole rings is 2. The Morgan fingerprint density at radius 3 is 1.68 bits per heavy atom. The summed E-state index contributed by atoms with van der Waals surface area (Å²) in [6.07, 6.45) is 4.39. The molecule has 4 aromatic heterocycles. The van der Waals surface area contributed by atoms with Crippen LogP contribution in [0.5, 0.6) is 0 Å². The van der Waals surface area contributed by atoms with Gasteiger partial charge < -0.3 is 10.2 Å². The van der Waals surface area contributed by atoms with E-state index in [1.165, 1.54) is 0 Å². The summed E-state index contributed by atoms with van der Waals surface area (Å²) in [6.45, 7) is 0. The van der Waals surface area contributed by atoms with E-state index < -0.39 is 12.5 Å². The van der Waals surface area contributed by atoms with Gasteiger partial charge in [0.1, 0.15) is 11.0 Å². The fraction of sp³-hybridized carbons (Fsp3) is 0.143. The molecule has 1 aliphatic heterocycles. The van der Waals surface area contributed by atoms with Crippen LogP contribution in [0.3, 0.4) is 0 Å². The average molecular weight is 294 g/mol. The number of aliphatic hydroxyl groups is 2. The molecule has 0 saturated carbocycles. The predicted molar refractivity (Wildman–Crippen MR) is 75.8 cm³/mol. The molecule has 0 spiro atoms. The third-order valence-corrected chi connectivity index (χ3v) is 3.99.